The summed E-state index contributed by atoms with van der Waals surface area (Å²) in [5.41, 5.74) is 2.71. The van der Waals surface area contributed by atoms with Crippen LogP contribution in [0.5, 0.6) is 0 Å². The van der Waals surface area contributed by atoms with Gasteiger partial charge in [-0.1, -0.05) is 48.1 Å². The minimum Gasteiger partial charge on any atom is -0.283 e. The molecule has 4 rings (SSSR count). The van der Waals surface area contributed by atoms with Crippen LogP contribution in [0.25, 0.3) is 10.2 Å². The molecule has 0 aliphatic carbocycles. The van der Waals surface area contributed by atoms with Crippen LogP contribution in [0.3, 0.4) is 0 Å². The number of anilines is 1. The van der Waals surface area contributed by atoms with Crippen LogP contribution in [0.2, 0.25) is 5.02 Å². The normalized spacial score (nSPS) is 11.0. The highest BCUT2D eigenvalue weighted by atomic mass is 35.5. The molecular formula is C23H20ClN3OS2. The van der Waals surface area contributed by atoms with E-state index in [1.165, 1.54) is 16.2 Å². The summed E-state index contributed by atoms with van der Waals surface area (Å²) in [7, 11) is 0. The number of pyridine rings is 1. The van der Waals surface area contributed by atoms with Gasteiger partial charge in [-0.05, 0) is 53.3 Å². The number of thiazole rings is 1. The number of hydrogen-bond acceptors (Lipinski definition) is 5. The van der Waals surface area contributed by atoms with Crippen molar-refractivity contribution in [2.75, 3.05) is 10.7 Å². The molecule has 0 saturated carbocycles. The number of benzene rings is 2. The SMILES string of the molecule is CCSc1ccc(CC(=O)N(Cc2ccncc2)c2nc3c(Cl)cccc3s2)cc1. The predicted octanol–water partition coefficient (Wildman–Crippen LogP) is 6.23. The van der Waals surface area contributed by atoms with E-state index >= 15 is 0 Å². The molecule has 152 valence electrons. The highest BCUT2D eigenvalue weighted by Crippen LogP contribution is 2.33. The van der Waals surface area contributed by atoms with Gasteiger partial charge in [0, 0.05) is 17.3 Å². The van der Waals surface area contributed by atoms with Crippen LogP contribution in [0.15, 0.2) is 71.9 Å². The number of thioether (sulfide) groups is 1. The summed E-state index contributed by atoms with van der Waals surface area (Å²) in [5, 5.41) is 1.24. The summed E-state index contributed by atoms with van der Waals surface area (Å²) in [5.74, 6) is 1.02. The van der Waals surface area contributed by atoms with Crippen molar-refractivity contribution in [3.05, 3.63) is 83.1 Å². The van der Waals surface area contributed by atoms with Crippen molar-refractivity contribution in [3.63, 3.8) is 0 Å². The van der Waals surface area contributed by atoms with Gasteiger partial charge in [0.25, 0.3) is 0 Å². The number of nitrogens with zero attached hydrogens (tertiary/aromatic N) is 3. The minimum atomic E-state index is -0.00196. The van der Waals surface area contributed by atoms with Crippen molar-refractivity contribution in [1.82, 2.24) is 9.97 Å². The second kappa shape index (κ2) is 9.60. The van der Waals surface area contributed by atoms with Gasteiger partial charge in [0.05, 0.1) is 22.7 Å². The molecule has 0 radical (unpaired) electrons. The number of fused-ring (bicyclic) bond motifs is 1. The first-order chi connectivity index (χ1) is 14.6. The summed E-state index contributed by atoms with van der Waals surface area (Å²) in [4.78, 5) is 25.0. The number of aromatic nitrogens is 2. The maximum Gasteiger partial charge on any atom is 0.233 e. The Balaban J connectivity index is 1.63. The second-order valence-corrected chi connectivity index (χ2v) is 9.43. The van der Waals surface area contributed by atoms with Gasteiger partial charge in [0.15, 0.2) is 5.13 Å². The molecule has 0 aliphatic heterocycles. The summed E-state index contributed by atoms with van der Waals surface area (Å²) in [6.07, 6.45) is 3.78. The number of hydrogen-bond donors (Lipinski definition) is 0. The van der Waals surface area contributed by atoms with Crippen molar-refractivity contribution in [2.24, 2.45) is 0 Å². The Labute approximate surface area is 188 Å². The first kappa shape index (κ1) is 20.8. The molecule has 2 aromatic carbocycles. The number of carbonyl (C=O) groups is 1. The lowest BCUT2D eigenvalue weighted by molar-refractivity contribution is -0.118. The van der Waals surface area contributed by atoms with Gasteiger partial charge in [-0.25, -0.2) is 4.98 Å². The van der Waals surface area contributed by atoms with Crippen molar-refractivity contribution >= 4 is 56.0 Å². The molecular weight excluding hydrogens is 434 g/mol. The number of amides is 1. The Hall–Kier alpha value is -2.41. The summed E-state index contributed by atoms with van der Waals surface area (Å²) < 4.78 is 0.964. The average molecular weight is 454 g/mol. The Bertz CT molecular complexity index is 1150. The van der Waals surface area contributed by atoms with Gasteiger partial charge in [0.1, 0.15) is 5.52 Å². The maximum atomic E-state index is 13.3. The van der Waals surface area contributed by atoms with E-state index < -0.39 is 0 Å². The van der Waals surface area contributed by atoms with Crippen LogP contribution in [0.1, 0.15) is 18.1 Å². The lowest BCUT2D eigenvalue weighted by atomic mass is 10.1. The average Bonchev–Trinajstić information content (AvgIpc) is 3.20. The van der Waals surface area contributed by atoms with Crippen LogP contribution in [-0.2, 0) is 17.8 Å². The third-order valence-corrected chi connectivity index (χ3v) is 6.81. The molecule has 30 heavy (non-hydrogen) atoms. The third-order valence-electron chi connectivity index (χ3n) is 4.57. The van der Waals surface area contributed by atoms with Crippen LogP contribution in [-0.4, -0.2) is 21.6 Å². The van der Waals surface area contributed by atoms with Gasteiger partial charge >= 0.3 is 0 Å². The highest BCUT2D eigenvalue weighted by molar-refractivity contribution is 7.99. The van der Waals surface area contributed by atoms with Crippen molar-refractivity contribution in [2.45, 2.75) is 24.8 Å². The smallest absolute Gasteiger partial charge is 0.233 e. The number of halogens is 1. The standard InChI is InChI=1S/C23H20ClN3OS2/c1-2-29-18-8-6-16(7-9-18)14-21(28)27(15-17-10-12-25-13-11-17)23-26-22-19(24)4-3-5-20(22)30-23/h3-13H,2,14-15H2,1H3. The molecule has 1 amide bonds. The second-order valence-electron chi connectivity index (χ2n) is 6.67. The van der Waals surface area contributed by atoms with Crippen molar-refractivity contribution < 1.29 is 4.79 Å². The van der Waals surface area contributed by atoms with Gasteiger partial charge in [-0.3, -0.25) is 14.7 Å². The lowest BCUT2D eigenvalue weighted by Crippen LogP contribution is -2.31. The van der Waals surface area contributed by atoms with Gasteiger partial charge in [-0.15, -0.1) is 11.8 Å². The molecule has 4 nitrogen and oxygen atoms in total. The van der Waals surface area contributed by atoms with E-state index in [2.05, 4.69) is 29.0 Å². The molecule has 2 aromatic heterocycles. The molecule has 7 heteroatoms. The fraction of sp³-hybridized carbons (Fsp3) is 0.174. The number of carbonyl (C=O) groups excluding carboxylic acids is 1. The fourth-order valence-electron chi connectivity index (χ4n) is 3.09. The molecule has 0 unspecified atom stereocenters. The van der Waals surface area contributed by atoms with E-state index in [9.17, 15) is 4.79 Å². The topological polar surface area (TPSA) is 46.1 Å². The summed E-state index contributed by atoms with van der Waals surface area (Å²) in [6.45, 7) is 2.56. The van der Waals surface area contributed by atoms with Crippen LogP contribution < -0.4 is 4.90 Å². The molecule has 0 saturated heterocycles. The molecule has 0 fully saturated rings. The summed E-state index contributed by atoms with van der Waals surface area (Å²) >= 11 is 9.58. The Morgan fingerprint density at radius 3 is 2.53 bits per heavy atom. The van der Waals surface area contributed by atoms with E-state index in [1.807, 2.05) is 42.5 Å². The van der Waals surface area contributed by atoms with Crippen LogP contribution in [0, 0.1) is 0 Å². The zero-order valence-corrected chi connectivity index (χ0v) is 18.8. The Kier molecular flexibility index (Phi) is 6.67. The highest BCUT2D eigenvalue weighted by Gasteiger charge is 2.21. The molecule has 0 atom stereocenters. The Morgan fingerprint density at radius 1 is 1.07 bits per heavy atom. The number of rotatable bonds is 7. The van der Waals surface area contributed by atoms with Crippen LogP contribution in [0.4, 0.5) is 5.13 Å². The minimum absolute atomic E-state index is 0.00196. The van der Waals surface area contributed by atoms with E-state index in [4.69, 9.17) is 11.6 Å². The lowest BCUT2D eigenvalue weighted by Gasteiger charge is -2.20. The van der Waals surface area contributed by atoms with E-state index in [-0.39, 0.29) is 5.91 Å². The van der Waals surface area contributed by atoms with E-state index in [0.717, 1.165) is 27.1 Å². The molecule has 0 aliphatic rings. The molecule has 0 spiro atoms. The van der Waals surface area contributed by atoms with Crippen molar-refractivity contribution in [1.29, 1.82) is 0 Å². The summed E-state index contributed by atoms with van der Waals surface area (Å²) in [6, 6.07) is 17.7. The van der Waals surface area contributed by atoms with E-state index in [0.29, 0.717) is 23.1 Å². The van der Waals surface area contributed by atoms with E-state index in [1.54, 1.807) is 29.1 Å². The van der Waals surface area contributed by atoms with Crippen LogP contribution >= 0.6 is 34.7 Å². The monoisotopic (exact) mass is 453 g/mol. The first-order valence-electron chi connectivity index (χ1n) is 9.60. The van der Waals surface area contributed by atoms with Gasteiger partial charge in [-0.2, -0.15) is 0 Å². The quantitative estimate of drug-likeness (QED) is 0.311. The number of para-hydroxylation sites is 1. The zero-order chi connectivity index (χ0) is 20.9. The maximum absolute atomic E-state index is 13.3. The van der Waals surface area contributed by atoms with Crippen molar-refractivity contribution in [3.8, 4) is 0 Å². The molecule has 0 N–H and O–H groups in total. The third kappa shape index (κ3) is 4.83. The zero-order valence-electron chi connectivity index (χ0n) is 16.4. The molecule has 4 aromatic rings. The molecule has 0 bridgehead atoms. The molecule has 2 heterocycles. The fourth-order valence-corrected chi connectivity index (χ4v) is 5.04. The predicted molar refractivity (Wildman–Crippen MR) is 127 cm³/mol. The first-order valence-corrected chi connectivity index (χ1v) is 11.8. The Morgan fingerprint density at radius 2 is 1.83 bits per heavy atom. The van der Waals surface area contributed by atoms with Gasteiger partial charge < -0.3 is 0 Å². The van der Waals surface area contributed by atoms with Gasteiger partial charge in [0.2, 0.25) is 5.91 Å². The largest absolute Gasteiger partial charge is 0.283 e.